The number of fused-ring (bicyclic) bond motifs is 1. The molecular formula is C15H15N3O2S. The Morgan fingerprint density at radius 1 is 1.29 bits per heavy atom. The minimum absolute atomic E-state index is 0.154. The molecule has 108 valence electrons. The van der Waals surface area contributed by atoms with E-state index in [-0.39, 0.29) is 12.2 Å². The normalized spacial score (nSPS) is 11.0. The van der Waals surface area contributed by atoms with Crippen molar-refractivity contribution in [2.24, 2.45) is 0 Å². The third-order valence-electron chi connectivity index (χ3n) is 3.42. The minimum atomic E-state index is -0.228. The summed E-state index contributed by atoms with van der Waals surface area (Å²) in [5, 5.41) is 0.600. The zero-order chi connectivity index (χ0) is 15.0. The van der Waals surface area contributed by atoms with Crippen LogP contribution in [-0.4, -0.2) is 9.66 Å². The Kier molecular flexibility index (Phi) is 3.39. The molecule has 1 aromatic carbocycles. The molecule has 6 heteroatoms. The van der Waals surface area contributed by atoms with Crippen LogP contribution in [0.1, 0.15) is 16.3 Å². The summed E-state index contributed by atoms with van der Waals surface area (Å²) in [5.74, 6) is 6.99. The molecule has 2 aromatic heterocycles. The van der Waals surface area contributed by atoms with Crippen molar-refractivity contribution in [1.82, 2.24) is 9.66 Å². The molecule has 0 saturated heterocycles. The van der Waals surface area contributed by atoms with Crippen molar-refractivity contribution in [3.8, 4) is 5.75 Å². The van der Waals surface area contributed by atoms with E-state index in [1.165, 1.54) is 11.3 Å². The molecule has 0 atom stereocenters. The second-order valence-electron chi connectivity index (χ2n) is 4.77. The van der Waals surface area contributed by atoms with Gasteiger partial charge in [0.1, 0.15) is 17.2 Å². The quantitative estimate of drug-likeness (QED) is 0.754. The molecule has 3 rings (SSSR count). The minimum Gasteiger partial charge on any atom is -0.486 e. The van der Waals surface area contributed by atoms with Crippen LogP contribution in [0.5, 0.6) is 5.75 Å². The number of aromatic nitrogens is 2. The number of hydrogen-bond acceptors (Lipinski definition) is 5. The molecule has 0 fully saturated rings. The van der Waals surface area contributed by atoms with Gasteiger partial charge in [-0.05, 0) is 31.5 Å². The van der Waals surface area contributed by atoms with E-state index in [2.05, 4.69) is 4.98 Å². The summed E-state index contributed by atoms with van der Waals surface area (Å²) in [5.41, 5.74) is 0.718. The van der Waals surface area contributed by atoms with E-state index in [4.69, 9.17) is 10.6 Å². The van der Waals surface area contributed by atoms with Crippen molar-refractivity contribution < 1.29 is 4.74 Å². The molecule has 21 heavy (non-hydrogen) atoms. The van der Waals surface area contributed by atoms with Gasteiger partial charge in [-0.25, -0.2) is 9.66 Å². The zero-order valence-corrected chi connectivity index (χ0v) is 12.6. The predicted octanol–water partition coefficient (Wildman–Crippen LogP) is 2.37. The van der Waals surface area contributed by atoms with Crippen LogP contribution in [0.4, 0.5) is 0 Å². The number of aryl methyl sites for hydroxylation is 2. The molecule has 0 aliphatic heterocycles. The van der Waals surface area contributed by atoms with Crippen molar-refractivity contribution >= 4 is 21.6 Å². The van der Waals surface area contributed by atoms with Gasteiger partial charge in [-0.2, -0.15) is 0 Å². The van der Waals surface area contributed by atoms with Gasteiger partial charge in [0.25, 0.3) is 5.56 Å². The highest BCUT2D eigenvalue weighted by Crippen LogP contribution is 2.26. The highest BCUT2D eigenvalue weighted by Gasteiger charge is 2.15. The molecule has 0 radical (unpaired) electrons. The Labute approximate surface area is 125 Å². The van der Waals surface area contributed by atoms with Gasteiger partial charge in [0, 0.05) is 4.88 Å². The van der Waals surface area contributed by atoms with Crippen molar-refractivity contribution in [2.45, 2.75) is 20.5 Å². The summed E-state index contributed by atoms with van der Waals surface area (Å²) in [6.45, 7) is 4.04. The maximum atomic E-state index is 12.3. The molecule has 0 saturated carbocycles. The van der Waals surface area contributed by atoms with E-state index in [1.54, 1.807) is 0 Å². The van der Waals surface area contributed by atoms with E-state index in [0.29, 0.717) is 21.8 Å². The highest BCUT2D eigenvalue weighted by atomic mass is 32.1. The Hall–Kier alpha value is -2.34. The average molecular weight is 301 g/mol. The van der Waals surface area contributed by atoms with E-state index in [1.807, 2.05) is 44.2 Å². The predicted molar refractivity (Wildman–Crippen MR) is 84.3 cm³/mol. The second kappa shape index (κ2) is 5.21. The molecule has 3 aromatic rings. The van der Waals surface area contributed by atoms with Gasteiger partial charge in [-0.1, -0.05) is 18.2 Å². The van der Waals surface area contributed by atoms with Crippen LogP contribution in [0.2, 0.25) is 0 Å². The Balaban J connectivity index is 2.00. The summed E-state index contributed by atoms with van der Waals surface area (Å²) >= 11 is 1.50. The van der Waals surface area contributed by atoms with Crippen LogP contribution in [0.15, 0.2) is 35.1 Å². The van der Waals surface area contributed by atoms with Gasteiger partial charge in [0.15, 0.2) is 5.82 Å². The lowest BCUT2D eigenvalue weighted by Crippen LogP contribution is -2.32. The molecular weight excluding hydrogens is 286 g/mol. The molecule has 0 amide bonds. The number of para-hydroxylation sites is 1. The van der Waals surface area contributed by atoms with Gasteiger partial charge in [-0.15, -0.1) is 11.3 Å². The van der Waals surface area contributed by atoms with Crippen LogP contribution in [0.3, 0.4) is 0 Å². The van der Waals surface area contributed by atoms with Crippen molar-refractivity contribution in [3.05, 3.63) is 57.0 Å². The number of nitrogen functional groups attached to an aromatic ring is 1. The monoisotopic (exact) mass is 301 g/mol. The molecule has 2 heterocycles. The third-order valence-corrected chi connectivity index (χ3v) is 4.52. The zero-order valence-electron chi connectivity index (χ0n) is 11.8. The van der Waals surface area contributed by atoms with Crippen LogP contribution in [-0.2, 0) is 6.61 Å². The Morgan fingerprint density at radius 3 is 2.71 bits per heavy atom. The number of rotatable bonds is 3. The highest BCUT2D eigenvalue weighted by molar-refractivity contribution is 7.18. The first kappa shape index (κ1) is 13.6. The van der Waals surface area contributed by atoms with E-state index >= 15 is 0 Å². The number of hydrogen-bond donors (Lipinski definition) is 1. The first-order valence-electron chi connectivity index (χ1n) is 6.52. The fourth-order valence-corrected chi connectivity index (χ4v) is 3.15. The van der Waals surface area contributed by atoms with Gasteiger partial charge in [-0.3, -0.25) is 4.79 Å². The second-order valence-corrected chi connectivity index (χ2v) is 5.97. The van der Waals surface area contributed by atoms with Crippen LogP contribution < -0.4 is 16.1 Å². The summed E-state index contributed by atoms with van der Waals surface area (Å²) in [4.78, 5) is 18.6. The largest absolute Gasteiger partial charge is 0.486 e. The fraction of sp³-hybridized carbons (Fsp3) is 0.200. The smallest absolute Gasteiger partial charge is 0.281 e. The van der Waals surface area contributed by atoms with Crippen molar-refractivity contribution in [3.63, 3.8) is 0 Å². The molecule has 0 spiro atoms. The van der Waals surface area contributed by atoms with E-state index < -0.39 is 0 Å². The molecule has 0 bridgehead atoms. The Morgan fingerprint density at radius 2 is 2.00 bits per heavy atom. The number of thiophene rings is 1. The molecule has 0 unspecified atom stereocenters. The summed E-state index contributed by atoms with van der Waals surface area (Å²) in [6.07, 6.45) is 0. The lowest BCUT2D eigenvalue weighted by molar-refractivity contribution is 0.291. The molecule has 0 aliphatic rings. The topological polar surface area (TPSA) is 70.1 Å². The molecule has 5 nitrogen and oxygen atoms in total. The maximum absolute atomic E-state index is 12.3. The first-order chi connectivity index (χ1) is 10.1. The maximum Gasteiger partial charge on any atom is 0.281 e. The number of nitrogens with zero attached hydrogens (tertiary/aromatic N) is 2. The number of benzene rings is 1. The SMILES string of the molecule is Cc1sc2nc(COc3ccccc3)n(N)c(=O)c2c1C. The van der Waals surface area contributed by atoms with Gasteiger partial charge >= 0.3 is 0 Å². The van der Waals surface area contributed by atoms with Gasteiger partial charge in [0.2, 0.25) is 0 Å². The van der Waals surface area contributed by atoms with Crippen LogP contribution in [0.25, 0.3) is 10.2 Å². The first-order valence-corrected chi connectivity index (χ1v) is 7.34. The fourth-order valence-electron chi connectivity index (χ4n) is 2.11. The lowest BCUT2D eigenvalue weighted by Gasteiger charge is -2.09. The lowest BCUT2D eigenvalue weighted by atomic mass is 10.2. The average Bonchev–Trinajstić information content (AvgIpc) is 2.77. The van der Waals surface area contributed by atoms with Crippen molar-refractivity contribution in [2.75, 3.05) is 5.84 Å². The van der Waals surface area contributed by atoms with Gasteiger partial charge < -0.3 is 10.6 Å². The molecule has 2 N–H and O–H groups in total. The summed E-state index contributed by atoms with van der Waals surface area (Å²) in [7, 11) is 0. The van der Waals surface area contributed by atoms with Gasteiger partial charge in [0.05, 0.1) is 5.39 Å². The van der Waals surface area contributed by atoms with Crippen LogP contribution >= 0.6 is 11.3 Å². The molecule has 0 aliphatic carbocycles. The summed E-state index contributed by atoms with van der Waals surface area (Å²) in [6, 6.07) is 9.36. The number of nitrogens with two attached hydrogens (primary N) is 1. The van der Waals surface area contributed by atoms with E-state index in [0.717, 1.165) is 15.1 Å². The van der Waals surface area contributed by atoms with Crippen LogP contribution in [0, 0.1) is 13.8 Å². The third kappa shape index (κ3) is 2.38. The Bertz CT molecular complexity index is 853. The summed E-state index contributed by atoms with van der Waals surface area (Å²) < 4.78 is 6.69. The van der Waals surface area contributed by atoms with E-state index in [9.17, 15) is 4.79 Å². The standard InChI is InChI=1S/C15H15N3O2S/c1-9-10(2)21-14-13(9)15(19)18(16)12(17-14)8-20-11-6-4-3-5-7-11/h3-7H,8,16H2,1-2H3. The number of ether oxygens (including phenoxy) is 1. The van der Waals surface area contributed by atoms with Crippen molar-refractivity contribution in [1.29, 1.82) is 0 Å².